The summed E-state index contributed by atoms with van der Waals surface area (Å²) in [6.45, 7) is 4.55. The van der Waals surface area contributed by atoms with Crippen LogP contribution in [0.2, 0.25) is 5.02 Å². The maximum Gasteiger partial charge on any atom is 0.317 e. The highest BCUT2D eigenvalue weighted by Gasteiger charge is 2.38. The molecule has 2 aromatic carbocycles. The van der Waals surface area contributed by atoms with E-state index in [-0.39, 0.29) is 49.4 Å². The average Bonchev–Trinajstić information content (AvgIpc) is 2.96. The van der Waals surface area contributed by atoms with Gasteiger partial charge in [0.1, 0.15) is 0 Å². The number of nitrogen functional groups attached to an aromatic ring is 1. The van der Waals surface area contributed by atoms with Crippen LogP contribution in [0.15, 0.2) is 36.4 Å². The van der Waals surface area contributed by atoms with E-state index in [0.29, 0.717) is 48.4 Å². The molecule has 0 saturated carbocycles. The lowest BCUT2D eigenvalue weighted by Crippen LogP contribution is -2.55. The summed E-state index contributed by atoms with van der Waals surface area (Å²) in [5.74, 6) is -2.18. The van der Waals surface area contributed by atoms with Gasteiger partial charge in [-0.05, 0) is 43.2 Å². The van der Waals surface area contributed by atoms with E-state index in [9.17, 15) is 19.2 Å². The normalized spacial score (nSPS) is 19.4. The molecule has 0 atom stereocenters. The van der Waals surface area contributed by atoms with Crippen molar-refractivity contribution in [1.82, 2.24) is 4.90 Å². The Morgan fingerprint density at radius 1 is 0.950 bits per heavy atom. The Hall–Kier alpha value is -3.67. The van der Waals surface area contributed by atoms with Crippen LogP contribution in [0.4, 0.5) is 22.7 Å². The van der Waals surface area contributed by atoms with E-state index in [4.69, 9.17) is 26.8 Å². The number of amides is 3. The van der Waals surface area contributed by atoms with Crippen molar-refractivity contribution >= 4 is 58.0 Å². The molecule has 0 spiro atoms. The number of carbonyl (C=O) groups is 4. The lowest BCUT2D eigenvalue weighted by Gasteiger charge is -2.40. The number of benzene rings is 2. The van der Waals surface area contributed by atoms with Crippen LogP contribution in [0.1, 0.15) is 26.2 Å². The molecule has 2 N–H and O–H groups in total. The quantitative estimate of drug-likeness (QED) is 0.243. The first-order valence-electron chi connectivity index (χ1n) is 13.4. The molecule has 3 heterocycles. The number of esters is 1. The first-order valence-corrected chi connectivity index (χ1v) is 13.8. The van der Waals surface area contributed by atoms with Gasteiger partial charge in [0.15, 0.2) is 5.75 Å². The van der Waals surface area contributed by atoms with Gasteiger partial charge in [-0.15, -0.1) is 0 Å². The van der Waals surface area contributed by atoms with Crippen LogP contribution in [0.5, 0.6) is 5.75 Å². The summed E-state index contributed by atoms with van der Waals surface area (Å²) >= 11 is 6.11. The van der Waals surface area contributed by atoms with E-state index in [1.54, 1.807) is 48.2 Å². The Balaban J connectivity index is 1.43. The number of nitrogens with two attached hydrogens (primary N) is 1. The van der Waals surface area contributed by atoms with Crippen molar-refractivity contribution in [3.8, 4) is 5.75 Å². The van der Waals surface area contributed by atoms with Gasteiger partial charge in [-0.3, -0.25) is 29.0 Å². The van der Waals surface area contributed by atoms with Crippen molar-refractivity contribution in [1.29, 1.82) is 0 Å². The highest BCUT2D eigenvalue weighted by molar-refractivity contribution is 6.46. The van der Waals surface area contributed by atoms with Crippen LogP contribution in [0.25, 0.3) is 0 Å². The van der Waals surface area contributed by atoms with Gasteiger partial charge in [-0.25, -0.2) is 0 Å². The Morgan fingerprint density at radius 3 is 2.23 bits per heavy atom. The molecule has 0 bridgehead atoms. The number of carbonyl (C=O) groups excluding carboxylic acids is 4. The summed E-state index contributed by atoms with van der Waals surface area (Å²) in [5, 5.41) is 0.384. The van der Waals surface area contributed by atoms with Crippen LogP contribution >= 0.6 is 11.6 Å². The first kappa shape index (κ1) is 27.9. The molecule has 40 heavy (non-hydrogen) atoms. The van der Waals surface area contributed by atoms with E-state index in [0.717, 1.165) is 12.8 Å². The van der Waals surface area contributed by atoms with Crippen LogP contribution < -0.4 is 25.2 Å². The van der Waals surface area contributed by atoms with Gasteiger partial charge in [0, 0.05) is 56.9 Å². The van der Waals surface area contributed by atoms with E-state index in [2.05, 4.69) is 4.90 Å². The standard InChI is InChI=1S/C28H32ClN5O6/c1-2-25(36)40-26-21(32-11-10-31(17-24(32)35)19-8-14-39-15-9-19)4-3-5-22(26)33-12-13-34(28(38)27(33)37)23-16-18(29)6-7-20(23)30/h3-7,16,19H,2,8-15,17,30H2,1H3. The van der Waals surface area contributed by atoms with Crippen LogP contribution in [-0.2, 0) is 23.9 Å². The smallest absolute Gasteiger partial charge is 0.317 e. The molecule has 212 valence electrons. The zero-order valence-corrected chi connectivity index (χ0v) is 23.1. The van der Waals surface area contributed by atoms with Gasteiger partial charge in [-0.2, -0.15) is 0 Å². The van der Waals surface area contributed by atoms with Crippen molar-refractivity contribution in [2.45, 2.75) is 32.2 Å². The van der Waals surface area contributed by atoms with Crippen molar-refractivity contribution < 1.29 is 28.7 Å². The molecule has 11 nitrogen and oxygen atoms in total. The van der Waals surface area contributed by atoms with Crippen molar-refractivity contribution in [2.75, 3.05) is 66.4 Å². The van der Waals surface area contributed by atoms with E-state index < -0.39 is 17.8 Å². The number of rotatable bonds is 6. The highest BCUT2D eigenvalue weighted by atomic mass is 35.5. The molecular weight excluding hydrogens is 538 g/mol. The third-order valence-corrected chi connectivity index (χ3v) is 7.76. The second kappa shape index (κ2) is 11.8. The number of ether oxygens (including phenoxy) is 2. The fourth-order valence-corrected chi connectivity index (χ4v) is 5.55. The number of nitrogens with zero attached hydrogens (tertiary/aromatic N) is 4. The van der Waals surface area contributed by atoms with Crippen molar-refractivity contribution in [2.24, 2.45) is 0 Å². The Morgan fingerprint density at radius 2 is 1.57 bits per heavy atom. The van der Waals surface area contributed by atoms with Gasteiger partial charge in [0.25, 0.3) is 0 Å². The molecule has 3 amide bonds. The molecule has 5 rings (SSSR count). The minimum Gasteiger partial charge on any atom is -0.422 e. The van der Waals surface area contributed by atoms with E-state index >= 15 is 0 Å². The predicted molar refractivity (Wildman–Crippen MR) is 151 cm³/mol. The fraction of sp³-hybridized carbons (Fsp3) is 0.429. The molecule has 12 heteroatoms. The SMILES string of the molecule is CCC(=O)Oc1c(N2CCN(C3CCOCC3)CC2=O)cccc1N1CCN(c2cc(Cl)ccc2N)C(=O)C1=O. The van der Waals surface area contributed by atoms with Gasteiger partial charge < -0.3 is 25.0 Å². The Kier molecular flexibility index (Phi) is 8.24. The molecular formula is C28H32ClN5O6. The fourth-order valence-electron chi connectivity index (χ4n) is 5.38. The van der Waals surface area contributed by atoms with E-state index in [1.807, 2.05) is 0 Å². The minimum atomic E-state index is -0.813. The number of piperazine rings is 2. The van der Waals surface area contributed by atoms with Gasteiger partial charge in [-0.1, -0.05) is 24.6 Å². The number of hydrogen-bond donors (Lipinski definition) is 1. The molecule has 3 fully saturated rings. The Labute approximate surface area is 237 Å². The van der Waals surface area contributed by atoms with Gasteiger partial charge in [0.05, 0.1) is 29.3 Å². The van der Waals surface area contributed by atoms with Crippen molar-refractivity contribution in [3.05, 3.63) is 41.4 Å². The number of anilines is 4. The Bertz CT molecular complexity index is 1330. The number of halogens is 1. The second-order valence-electron chi connectivity index (χ2n) is 9.93. The lowest BCUT2D eigenvalue weighted by molar-refractivity contribution is -0.137. The topological polar surface area (TPSA) is 126 Å². The molecule has 2 aromatic rings. The summed E-state index contributed by atoms with van der Waals surface area (Å²) in [5.41, 5.74) is 7.36. The average molecular weight is 570 g/mol. The highest BCUT2D eigenvalue weighted by Crippen LogP contribution is 2.41. The first-order chi connectivity index (χ1) is 19.3. The molecule has 3 saturated heterocycles. The minimum absolute atomic E-state index is 0.0825. The summed E-state index contributed by atoms with van der Waals surface area (Å²) in [6.07, 6.45) is 1.85. The zero-order valence-electron chi connectivity index (χ0n) is 22.3. The molecule has 3 aliphatic rings. The second-order valence-corrected chi connectivity index (χ2v) is 10.4. The van der Waals surface area contributed by atoms with Gasteiger partial charge >= 0.3 is 17.8 Å². The summed E-state index contributed by atoms with van der Waals surface area (Å²) in [7, 11) is 0. The largest absolute Gasteiger partial charge is 0.422 e. The molecule has 0 unspecified atom stereocenters. The lowest BCUT2D eigenvalue weighted by atomic mass is 10.1. The number of hydrogen-bond acceptors (Lipinski definition) is 8. The van der Waals surface area contributed by atoms with E-state index in [1.165, 1.54) is 9.80 Å². The van der Waals surface area contributed by atoms with Crippen LogP contribution in [0, 0.1) is 0 Å². The van der Waals surface area contributed by atoms with Gasteiger partial charge in [0.2, 0.25) is 5.91 Å². The summed E-state index contributed by atoms with van der Waals surface area (Å²) in [4.78, 5) is 58.8. The molecule has 3 aliphatic heterocycles. The predicted octanol–water partition coefficient (Wildman–Crippen LogP) is 2.44. The maximum atomic E-state index is 13.4. The monoisotopic (exact) mass is 569 g/mol. The summed E-state index contributed by atoms with van der Waals surface area (Å²) < 4.78 is 11.2. The molecule has 0 aliphatic carbocycles. The third-order valence-electron chi connectivity index (χ3n) is 7.52. The molecule has 0 radical (unpaired) electrons. The molecule has 0 aromatic heterocycles. The third kappa shape index (κ3) is 5.49. The van der Waals surface area contributed by atoms with Crippen LogP contribution in [-0.4, -0.2) is 80.6 Å². The van der Waals surface area contributed by atoms with Crippen molar-refractivity contribution in [3.63, 3.8) is 0 Å². The summed E-state index contributed by atoms with van der Waals surface area (Å²) in [6, 6.07) is 10.00. The van der Waals surface area contributed by atoms with Crippen LogP contribution in [0.3, 0.4) is 0 Å². The maximum absolute atomic E-state index is 13.4. The zero-order chi connectivity index (χ0) is 28.4. The number of para-hydroxylation sites is 1.